The number of hydrogen-bond acceptors (Lipinski definition) is 7. The molecule has 0 aliphatic rings. The molecule has 4 aromatic rings. The summed E-state index contributed by atoms with van der Waals surface area (Å²) in [5, 5.41) is 17.3. The van der Waals surface area contributed by atoms with Crippen LogP contribution in [-0.2, 0) is 16.1 Å². The van der Waals surface area contributed by atoms with Gasteiger partial charge in [-0.3, -0.25) is 9.59 Å². The number of anilines is 1. The van der Waals surface area contributed by atoms with E-state index in [1.807, 2.05) is 56.3 Å². The topological polar surface area (TPSA) is 132 Å². The van der Waals surface area contributed by atoms with Gasteiger partial charge < -0.3 is 25.1 Å². The molecule has 0 aliphatic heterocycles. The lowest BCUT2D eigenvalue weighted by molar-refractivity contribution is -0.133. The van der Waals surface area contributed by atoms with E-state index in [4.69, 9.17) is 0 Å². The Kier molecular flexibility index (Phi) is 9.76. The highest BCUT2D eigenvalue weighted by Crippen LogP contribution is 2.29. The van der Waals surface area contributed by atoms with Crippen molar-refractivity contribution in [3.8, 4) is 0 Å². The number of fused-ring (bicyclic) bond motifs is 1. The summed E-state index contributed by atoms with van der Waals surface area (Å²) in [4.78, 5) is 53.3. The molecule has 1 amide bonds. The van der Waals surface area contributed by atoms with Gasteiger partial charge in [-0.15, -0.1) is 4.91 Å². The average Bonchev–Trinajstić information content (AvgIpc) is 2.99. The molecule has 2 atom stereocenters. The van der Waals surface area contributed by atoms with Crippen molar-refractivity contribution in [1.29, 1.82) is 0 Å². The molecular weight excluding hydrogens is 520 g/mol. The lowest BCUT2D eigenvalue weighted by atomic mass is 9.93. The monoisotopic (exact) mass is 554 g/mol. The quantitative estimate of drug-likeness (QED) is 0.114. The number of aliphatic hydroxyl groups excluding tert-OH is 1. The number of nitroso groups, excluding NO2 is 1. The third kappa shape index (κ3) is 7.12. The molecule has 3 aromatic carbocycles. The predicted octanol–water partition coefficient (Wildman–Crippen LogP) is 5.49. The number of nitrogens with zero attached hydrogens (tertiary/aromatic N) is 2. The molecule has 0 saturated heterocycles. The van der Waals surface area contributed by atoms with E-state index in [1.54, 1.807) is 35.4 Å². The van der Waals surface area contributed by atoms with E-state index in [-0.39, 0.29) is 36.2 Å². The lowest BCUT2D eigenvalue weighted by Crippen LogP contribution is -2.38. The number of carbonyl (C=O) groups excluding carboxylic acids is 2. The van der Waals surface area contributed by atoms with Gasteiger partial charge in [0.25, 0.3) is 5.56 Å². The summed E-state index contributed by atoms with van der Waals surface area (Å²) >= 11 is 0. The Morgan fingerprint density at radius 3 is 2.68 bits per heavy atom. The van der Waals surface area contributed by atoms with Gasteiger partial charge in [0.15, 0.2) is 0 Å². The van der Waals surface area contributed by atoms with Crippen LogP contribution in [0.25, 0.3) is 10.8 Å². The molecule has 1 heterocycles. The maximum Gasteiger partial charge on any atom is 0.255 e. The number of aldehydes is 1. The molecular formula is C32H34N4O5. The number of aryl methyl sites for hydroxylation is 1. The summed E-state index contributed by atoms with van der Waals surface area (Å²) in [6.45, 7) is 4.43. The lowest BCUT2D eigenvalue weighted by Gasteiger charge is -2.29. The first kappa shape index (κ1) is 29.4. The molecule has 3 N–H and O–H groups in total. The van der Waals surface area contributed by atoms with Crippen molar-refractivity contribution in [2.45, 2.75) is 45.2 Å². The first-order valence-corrected chi connectivity index (χ1v) is 13.6. The van der Waals surface area contributed by atoms with Crippen molar-refractivity contribution in [2.75, 3.05) is 18.5 Å². The van der Waals surface area contributed by atoms with Crippen molar-refractivity contribution in [3.63, 3.8) is 0 Å². The molecule has 1 aromatic heterocycles. The number of pyridine rings is 1. The van der Waals surface area contributed by atoms with Gasteiger partial charge in [-0.2, -0.15) is 0 Å². The van der Waals surface area contributed by atoms with Gasteiger partial charge in [0.1, 0.15) is 18.0 Å². The highest BCUT2D eigenvalue weighted by Gasteiger charge is 2.27. The maximum atomic E-state index is 14.3. The highest BCUT2D eigenvalue weighted by atomic mass is 16.3. The molecule has 0 saturated carbocycles. The van der Waals surface area contributed by atoms with Crippen LogP contribution in [0.3, 0.4) is 0 Å². The van der Waals surface area contributed by atoms with Crippen LogP contribution in [0.15, 0.2) is 82.9 Å². The van der Waals surface area contributed by atoms with Gasteiger partial charge in [-0.25, -0.2) is 0 Å². The van der Waals surface area contributed by atoms with Crippen molar-refractivity contribution >= 4 is 34.3 Å². The Morgan fingerprint density at radius 1 is 1.12 bits per heavy atom. The predicted molar refractivity (Wildman–Crippen MR) is 160 cm³/mol. The Bertz CT molecular complexity index is 1600. The zero-order valence-electron chi connectivity index (χ0n) is 23.2. The number of hydrogen-bond donors (Lipinski definition) is 3. The second kappa shape index (κ2) is 13.6. The van der Waals surface area contributed by atoms with Gasteiger partial charge in [-0.1, -0.05) is 43.3 Å². The number of amides is 1. The van der Waals surface area contributed by atoms with E-state index in [9.17, 15) is 24.4 Å². The van der Waals surface area contributed by atoms with Gasteiger partial charge in [0, 0.05) is 49.3 Å². The van der Waals surface area contributed by atoms with Crippen molar-refractivity contribution in [3.05, 3.63) is 110 Å². The average molecular weight is 555 g/mol. The van der Waals surface area contributed by atoms with Gasteiger partial charge >= 0.3 is 0 Å². The largest absolute Gasteiger partial charge is 0.396 e. The fourth-order valence-electron chi connectivity index (χ4n) is 5.00. The summed E-state index contributed by atoms with van der Waals surface area (Å²) in [7, 11) is 0. The number of nitrogens with one attached hydrogen (secondary N) is 2. The third-order valence-corrected chi connectivity index (χ3v) is 7.22. The second-order valence-electron chi connectivity index (χ2n) is 10.2. The molecule has 9 heteroatoms. The smallest absolute Gasteiger partial charge is 0.255 e. The molecule has 9 nitrogen and oxygen atoms in total. The first-order valence-electron chi connectivity index (χ1n) is 13.6. The minimum atomic E-state index is -0.823. The Morgan fingerprint density at radius 2 is 1.95 bits per heavy atom. The van der Waals surface area contributed by atoms with Crippen LogP contribution >= 0.6 is 0 Å². The van der Waals surface area contributed by atoms with Gasteiger partial charge in [0.05, 0.1) is 0 Å². The molecule has 41 heavy (non-hydrogen) atoms. The van der Waals surface area contributed by atoms with Crippen LogP contribution in [0.5, 0.6) is 0 Å². The molecule has 0 radical (unpaired) electrons. The van der Waals surface area contributed by atoms with Crippen LogP contribution in [0, 0.1) is 11.8 Å². The third-order valence-electron chi connectivity index (χ3n) is 7.22. The normalized spacial score (nSPS) is 12.5. The van der Waals surface area contributed by atoms with Crippen LogP contribution in [0.2, 0.25) is 0 Å². The SMILES string of the molecule is Cc1cc(C(Nc2ccc3cc[nH]c(=O)c3c2)C(=O)N(CCCC=O)Cc2cccc(N=O)c2)ccc1[C@@H](C)CO. The maximum absolute atomic E-state index is 14.3. The summed E-state index contributed by atoms with van der Waals surface area (Å²) in [5.41, 5.74) is 4.01. The van der Waals surface area contributed by atoms with Crippen molar-refractivity contribution < 1.29 is 14.7 Å². The van der Waals surface area contributed by atoms with E-state index in [0.717, 1.165) is 28.4 Å². The Labute approximate surface area is 238 Å². The summed E-state index contributed by atoms with van der Waals surface area (Å²) in [6.07, 6.45) is 3.20. The molecule has 212 valence electrons. The molecule has 1 unspecified atom stereocenters. The van der Waals surface area contributed by atoms with Crippen molar-refractivity contribution in [2.24, 2.45) is 5.18 Å². The zero-order chi connectivity index (χ0) is 29.4. The van der Waals surface area contributed by atoms with E-state index in [0.29, 0.717) is 36.0 Å². The molecule has 0 fully saturated rings. The number of aromatic nitrogens is 1. The van der Waals surface area contributed by atoms with Crippen LogP contribution in [0.1, 0.15) is 54.0 Å². The number of benzene rings is 3. The van der Waals surface area contributed by atoms with Crippen molar-refractivity contribution in [1.82, 2.24) is 9.88 Å². The van der Waals surface area contributed by atoms with E-state index < -0.39 is 6.04 Å². The zero-order valence-corrected chi connectivity index (χ0v) is 23.2. The standard InChI is InChI=1S/C32H34N4O5/c1-21-16-25(9-11-28(21)22(2)20-38)30(34-26-10-8-24-12-13-33-31(39)29(24)18-26)32(40)36(14-3-4-15-37)19-23-6-5-7-27(17-23)35-41/h5-13,15-18,22,30,34,38H,3-4,14,19-20H2,1-2H3,(H,33,39)/t22-,30?/m0/s1. The number of unbranched alkanes of at least 4 members (excludes halogenated alkanes) is 1. The number of aromatic amines is 1. The number of H-pyrrole nitrogens is 1. The number of carbonyl (C=O) groups is 2. The van der Waals surface area contributed by atoms with E-state index in [2.05, 4.69) is 15.5 Å². The van der Waals surface area contributed by atoms with Crippen LogP contribution < -0.4 is 10.9 Å². The summed E-state index contributed by atoms with van der Waals surface area (Å²) in [5.74, 6) is -0.290. The minimum absolute atomic E-state index is 0.00561. The first-order chi connectivity index (χ1) is 19.8. The fraction of sp³-hybridized carbons (Fsp3) is 0.281. The second-order valence-corrected chi connectivity index (χ2v) is 10.2. The number of rotatable bonds is 13. The molecule has 4 rings (SSSR count). The summed E-state index contributed by atoms with van der Waals surface area (Å²) < 4.78 is 0. The number of aliphatic hydroxyl groups is 1. The van der Waals surface area contributed by atoms with Crippen LogP contribution in [0.4, 0.5) is 11.4 Å². The minimum Gasteiger partial charge on any atom is -0.396 e. The van der Waals surface area contributed by atoms with E-state index in [1.165, 1.54) is 0 Å². The highest BCUT2D eigenvalue weighted by molar-refractivity contribution is 5.89. The van der Waals surface area contributed by atoms with Gasteiger partial charge in [-0.05, 0) is 76.5 Å². The molecule has 0 spiro atoms. The van der Waals surface area contributed by atoms with Crippen LogP contribution in [-0.4, -0.2) is 40.3 Å². The molecule has 0 aliphatic carbocycles. The van der Waals surface area contributed by atoms with E-state index >= 15 is 0 Å². The fourth-order valence-corrected chi connectivity index (χ4v) is 5.00. The Balaban J connectivity index is 1.75. The Hall–Kier alpha value is -4.63. The molecule has 0 bridgehead atoms. The summed E-state index contributed by atoms with van der Waals surface area (Å²) in [6, 6.07) is 18.9. The van der Waals surface area contributed by atoms with Gasteiger partial charge in [0.2, 0.25) is 5.91 Å².